The number of carbonyl (C=O) groups excluding carboxylic acids is 1. The SMILES string of the molecule is COc1cccc(-c2cc(C3CCN(C(=O)c4c(F)cccc4Cl)CC3)[nH]n2)c1. The molecule has 0 spiro atoms. The fourth-order valence-corrected chi connectivity index (χ4v) is 3.97. The Kier molecular flexibility index (Phi) is 5.53. The number of aromatic nitrogens is 2. The van der Waals surface area contributed by atoms with E-state index in [1.807, 2.05) is 30.3 Å². The molecule has 0 unspecified atom stereocenters. The smallest absolute Gasteiger partial charge is 0.258 e. The molecule has 7 heteroatoms. The molecule has 1 N–H and O–H groups in total. The molecule has 0 radical (unpaired) electrons. The quantitative estimate of drug-likeness (QED) is 0.662. The topological polar surface area (TPSA) is 58.2 Å². The molecule has 5 nitrogen and oxygen atoms in total. The summed E-state index contributed by atoms with van der Waals surface area (Å²) in [4.78, 5) is 14.4. The number of piperidine rings is 1. The lowest BCUT2D eigenvalue weighted by atomic mass is 9.92. The molecule has 1 fully saturated rings. The molecule has 1 amide bonds. The second-order valence-corrected chi connectivity index (χ2v) is 7.51. The molecule has 1 aliphatic heterocycles. The third kappa shape index (κ3) is 3.98. The minimum atomic E-state index is -0.582. The fourth-order valence-electron chi connectivity index (χ4n) is 3.73. The van der Waals surface area contributed by atoms with Gasteiger partial charge in [0.05, 0.1) is 23.4 Å². The molecule has 2 heterocycles. The maximum Gasteiger partial charge on any atom is 0.258 e. The lowest BCUT2D eigenvalue weighted by Crippen LogP contribution is -2.38. The van der Waals surface area contributed by atoms with Crippen molar-refractivity contribution in [1.82, 2.24) is 15.1 Å². The summed E-state index contributed by atoms with van der Waals surface area (Å²) in [6.45, 7) is 1.09. The van der Waals surface area contributed by atoms with Crippen LogP contribution in [0.5, 0.6) is 5.75 Å². The van der Waals surface area contributed by atoms with E-state index in [1.165, 1.54) is 18.2 Å². The van der Waals surface area contributed by atoms with Crippen LogP contribution in [0.2, 0.25) is 5.02 Å². The molecular formula is C22H21ClFN3O2. The van der Waals surface area contributed by atoms with Crippen LogP contribution in [0.1, 0.15) is 34.8 Å². The number of nitrogens with zero attached hydrogens (tertiary/aromatic N) is 2. The standard InChI is InChI=1S/C22H21ClFN3O2/c1-29-16-5-2-4-15(12-16)20-13-19(25-26-20)14-8-10-27(11-9-14)22(28)21-17(23)6-3-7-18(21)24/h2-7,12-14H,8-11H2,1H3,(H,25,26). The van der Waals surface area contributed by atoms with Crippen LogP contribution in [0.15, 0.2) is 48.5 Å². The number of aromatic amines is 1. The number of benzene rings is 2. The van der Waals surface area contributed by atoms with E-state index >= 15 is 0 Å². The molecule has 2 aromatic carbocycles. The van der Waals surface area contributed by atoms with Crippen molar-refractivity contribution in [3.63, 3.8) is 0 Å². The average Bonchev–Trinajstić information content (AvgIpc) is 3.24. The fraction of sp³-hybridized carbons (Fsp3) is 0.273. The summed E-state index contributed by atoms with van der Waals surface area (Å²) >= 11 is 6.04. The first-order valence-electron chi connectivity index (χ1n) is 9.50. The number of amides is 1. The summed E-state index contributed by atoms with van der Waals surface area (Å²) in [6.07, 6.45) is 1.55. The average molecular weight is 414 g/mol. The van der Waals surface area contributed by atoms with Gasteiger partial charge in [0.15, 0.2) is 0 Å². The van der Waals surface area contributed by atoms with Crippen LogP contribution in [-0.2, 0) is 0 Å². The number of carbonyl (C=O) groups is 1. The zero-order valence-corrected chi connectivity index (χ0v) is 16.7. The highest BCUT2D eigenvalue weighted by Crippen LogP contribution is 2.31. The summed E-state index contributed by atoms with van der Waals surface area (Å²) in [5.74, 6) is 0.113. The molecule has 4 rings (SSSR count). The van der Waals surface area contributed by atoms with Crippen molar-refractivity contribution in [1.29, 1.82) is 0 Å². The number of nitrogens with one attached hydrogen (secondary N) is 1. The molecule has 1 aromatic heterocycles. The van der Waals surface area contributed by atoms with Gasteiger partial charge in [-0.2, -0.15) is 5.10 Å². The Morgan fingerprint density at radius 1 is 1.21 bits per heavy atom. The summed E-state index contributed by atoms with van der Waals surface area (Å²) in [6, 6.07) is 14.1. The van der Waals surface area contributed by atoms with Gasteiger partial charge < -0.3 is 9.64 Å². The molecule has 0 atom stereocenters. The van der Waals surface area contributed by atoms with Crippen molar-refractivity contribution in [2.24, 2.45) is 0 Å². The Hall–Kier alpha value is -2.86. The van der Waals surface area contributed by atoms with Gasteiger partial charge in [0.1, 0.15) is 11.6 Å². The van der Waals surface area contributed by atoms with E-state index in [4.69, 9.17) is 16.3 Å². The summed E-state index contributed by atoms with van der Waals surface area (Å²) in [5, 5.41) is 7.71. The maximum atomic E-state index is 14.1. The van der Waals surface area contributed by atoms with Gasteiger partial charge in [-0.05, 0) is 43.2 Å². The van der Waals surface area contributed by atoms with E-state index in [-0.39, 0.29) is 22.4 Å². The van der Waals surface area contributed by atoms with Gasteiger partial charge >= 0.3 is 0 Å². The predicted molar refractivity (Wildman–Crippen MR) is 110 cm³/mol. The molecule has 0 saturated carbocycles. The van der Waals surface area contributed by atoms with Crippen molar-refractivity contribution in [2.45, 2.75) is 18.8 Å². The van der Waals surface area contributed by atoms with Crippen molar-refractivity contribution < 1.29 is 13.9 Å². The Labute approximate surface area is 173 Å². The number of halogens is 2. The van der Waals surface area contributed by atoms with E-state index < -0.39 is 5.82 Å². The number of H-pyrrole nitrogens is 1. The zero-order valence-electron chi connectivity index (χ0n) is 16.0. The normalized spacial score (nSPS) is 14.8. The maximum absolute atomic E-state index is 14.1. The van der Waals surface area contributed by atoms with Crippen LogP contribution in [0, 0.1) is 5.82 Å². The zero-order chi connectivity index (χ0) is 20.4. The highest BCUT2D eigenvalue weighted by Gasteiger charge is 2.28. The first-order valence-corrected chi connectivity index (χ1v) is 9.87. The number of ether oxygens (including phenoxy) is 1. The predicted octanol–water partition coefficient (Wildman–Crippen LogP) is 4.90. The van der Waals surface area contributed by atoms with Gasteiger partial charge in [0.25, 0.3) is 5.91 Å². The molecule has 0 aliphatic carbocycles. The Morgan fingerprint density at radius 2 is 1.97 bits per heavy atom. The lowest BCUT2D eigenvalue weighted by Gasteiger charge is -2.31. The van der Waals surface area contributed by atoms with Crippen LogP contribution in [-0.4, -0.2) is 41.2 Å². The molecule has 1 aliphatic rings. The van der Waals surface area contributed by atoms with Gasteiger partial charge in [0, 0.05) is 30.3 Å². The highest BCUT2D eigenvalue weighted by atomic mass is 35.5. The number of rotatable bonds is 4. The van der Waals surface area contributed by atoms with Gasteiger partial charge in [0.2, 0.25) is 0 Å². The van der Waals surface area contributed by atoms with E-state index in [1.54, 1.807) is 12.0 Å². The third-order valence-corrected chi connectivity index (χ3v) is 5.68. The van der Waals surface area contributed by atoms with Gasteiger partial charge in [-0.25, -0.2) is 4.39 Å². The largest absolute Gasteiger partial charge is 0.497 e. The van der Waals surface area contributed by atoms with Crippen molar-refractivity contribution in [2.75, 3.05) is 20.2 Å². The molecule has 1 saturated heterocycles. The van der Waals surface area contributed by atoms with Crippen molar-refractivity contribution in [3.05, 3.63) is 70.6 Å². The molecule has 150 valence electrons. The van der Waals surface area contributed by atoms with Crippen LogP contribution in [0.3, 0.4) is 0 Å². The number of hydrogen-bond acceptors (Lipinski definition) is 3. The third-order valence-electron chi connectivity index (χ3n) is 5.36. The Bertz CT molecular complexity index is 1010. The number of methoxy groups -OCH3 is 1. The number of hydrogen-bond donors (Lipinski definition) is 1. The van der Waals surface area contributed by atoms with Crippen LogP contribution in [0.25, 0.3) is 11.3 Å². The van der Waals surface area contributed by atoms with E-state index in [2.05, 4.69) is 10.2 Å². The van der Waals surface area contributed by atoms with Crippen LogP contribution < -0.4 is 4.74 Å². The van der Waals surface area contributed by atoms with Crippen molar-refractivity contribution in [3.8, 4) is 17.0 Å². The second kappa shape index (κ2) is 8.25. The Morgan fingerprint density at radius 3 is 2.69 bits per heavy atom. The number of likely N-dealkylation sites (tertiary alicyclic amines) is 1. The van der Waals surface area contributed by atoms with Gasteiger partial charge in [-0.1, -0.05) is 29.8 Å². The van der Waals surface area contributed by atoms with Gasteiger partial charge in [-0.15, -0.1) is 0 Å². The molecule has 3 aromatic rings. The first kappa shape index (κ1) is 19.5. The molecule has 0 bridgehead atoms. The minimum Gasteiger partial charge on any atom is -0.497 e. The van der Waals surface area contributed by atoms with E-state index in [0.29, 0.717) is 13.1 Å². The first-order chi connectivity index (χ1) is 14.1. The summed E-state index contributed by atoms with van der Waals surface area (Å²) in [7, 11) is 1.64. The van der Waals surface area contributed by atoms with E-state index in [0.717, 1.165) is 35.5 Å². The van der Waals surface area contributed by atoms with Crippen LogP contribution in [0.4, 0.5) is 4.39 Å². The van der Waals surface area contributed by atoms with Crippen molar-refractivity contribution >= 4 is 17.5 Å². The Balaban J connectivity index is 1.44. The monoisotopic (exact) mass is 413 g/mol. The summed E-state index contributed by atoms with van der Waals surface area (Å²) < 4.78 is 19.3. The second-order valence-electron chi connectivity index (χ2n) is 7.10. The summed E-state index contributed by atoms with van der Waals surface area (Å²) in [5.41, 5.74) is 2.83. The molecule has 29 heavy (non-hydrogen) atoms. The van der Waals surface area contributed by atoms with Gasteiger partial charge in [-0.3, -0.25) is 9.89 Å². The molecular weight excluding hydrogens is 393 g/mol. The minimum absolute atomic E-state index is 0.0468. The van der Waals surface area contributed by atoms with Crippen LogP contribution >= 0.6 is 11.6 Å². The van der Waals surface area contributed by atoms with E-state index in [9.17, 15) is 9.18 Å². The lowest BCUT2D eigenvalue weighted by molar-refractivity contribution is 0.0707. The highest BCUT2D eigenvalue weighted by molar-refractivity contribution is 6.33.